The van der Waals surface area contributed by atoms with Gasteiger partial charge in [-0.25, -0.2) is 14.4 Å². The Hall–Kier alpha value is -9.94. The Morgan fingerprint density at radius 2 is 1.16 bits per heavy atom. The average molecular weight is 1650 g/mol. The number of unbranched alkanes of at least 4 members (excludes halogenated alkanes) is 3. The van der Waals surface area contributed by atoms with E-state index < -0.39 is 118 Å². The molecule has 9 N–H and O–H groups in total. The first-order valence-corrected chi connectivity index (χ1v) is 41.9. The van der Waals surface area contributed by atoms with Crippen molar-refractivity contribution in [1.82, 2.24) is 21.3 Å². The zero-order valence-electron chi connectivity index (χ0n) is 62.3. The molecular weight excluding hydrogens is 1560 g/mol. The number of nitrogens with one attached hydrogen (secondary N) is 4. The fourth-order valence-electron chi connectivity index (χ4n) is 13.1. The molecule has 0 saturated heterocycles. The fourth-order valence-corrected chi connectivity index (χ4v) is 15.5. The van der Waals surface area contributed by atoms with Crippen LogP contribution in [0.15, 0.2) is 155 Å². The molecule has 31 nitrogen and oxygen atoms in total. The zero-order chi connectivity index (χ0) is 83.4. The minimum absolute atomic E-state index is 0.00411. The van der Waals surface area contributed by atoms with Crippen molar-refractivity contribution in [3.05, 3.63) is 178 Å². The van der Waals surface area contributed by atoms with Crippen LogP contribution in [0, 0.1) is 5.92 Å². The van der Waals surface area contributed by atoms with E-state index in [1.807, 2.05) is 36.4 Å². The van der Waals surface area contributed by atoms with Crippen molar-refractivity contribution in [3.63, 3.8) is 0 Å². The number of carbonyl (C=O) groups is 8. The lowest BCUT2D eigenvalue weighted by Gasteiger charge is -2.28. The smallest absolute Gasteiger partial charge is 0.425 e. The van der Waals surface area contributed by atoms with Crippen molar-refractivity contribution in [1.29, 1.82) is 0 Å². The van der Waals surface area contributed by atoms with Gasteiger partial charge in [0.1, 0.15) is 24.4 Å². The first kappa shape index (κ1) is 94.4. The number of hydrogen-bond acceptors (Lipinski definition) is 22. The number of anilines is 1. The summed E-state index contributed by atoms with van der Waals surface area (Å²) in [6.45, 7) is 9.39. The number of aliphatic carboxylic acids is 3. The predicted octanol–water partition coefficient (Wildman–Crippen LogP) is 7.78. The lowest BCUT2D eigenvalue weighted by molar-refractivity contribution is -0.438. The molecule has 4 aromatic rings. The number of para-hydroxylation sites is 2. The Morgan fingerprint density at radius 1 is 0.607 bits per heavy atom. The van der Waals surface area contributed by atoms with Crippen LogP contribution in [-0.2, 0) is 108 Å². The molecule has 0 fully saturated rings. The fraction of sp³-hybridized carbons (Fsp3) is 0.447. The standard InChI is InChI=1S/C75H94N6O17S3.CO2.2O3S/c1-74(2)57-30-12-14-32-62(57)80(43-17-19-45-100(93,94)95)65(74)40-36-53-27-21-28-54(37-41-66-75(3,4)58-31-13-15-33-63(58)81(66)44-18-20-46-101(96,97)98)69(53)99-50-61(72(90)91)78-70(87)55(47-51-23-7-5-8-24-51)49-64(83)60(48-52-25-9-6-10-26-52)77-67(84)34-16-11-29-56(82)38-39-59(71(88)89)79-73(92)76-42-22-35-68(85)86;2-1-3;2*1-4(2)3/h5-10,12-15,23-26,30-33,36-37,40-41,55,59-61H,11,16-22,27-29,34-35,38-39,42-50H2,1-4H3,(H8-,76,77,78,79,84,85,86,87,88,89,90,91,92,93,94,95,96,97,98);;;/p+1/t55-,59+,60+,61+;;;/m1.../s1. The molecule has 112 heavy (non-hydrogen) atoms. The molecule has 4 aromatic carbocycles. The molecule has 2 aliphatic heterocycles. The molecule has 4 atom stereocenters. The third-order valence-corrected chi connectivity index (χ3v) is 21.4. The minimum Gasteiger partial charge on any atom is -0.481 e. The summed E-state index contributed by atoms with van der Waals surface area (Å²) >= 11 is 1.29. The topological polar surface area (TPSA) is 497 Å². The summed E-state index contributed by atoms with van der Waals surface area (Å²) in [5.74, 6) is -7.70. The summed E-state index contributed by atoms with van der Waals surface area (Å²) in [4.78, 5) is 124. The Labute approximate surface area is 657 Å². The van der Waals surface area contributed by atoms with Gasteiger partial charge in [0.25, 0.3) is 20.2 Å². The van der Waals surface area contributed by atoms with Crippen molar-refractivity contribution in [2.75, 3.05) is 41.8 Å². The summed E-state index contributed by atoms with van der Waals surface area (Å²) < 4.78 is 119. The number of nitrogens with zero attached hydrogens (tertiary/aromatic N) is 2. The molecule has 0 spiro atoms. The van der Waals surface area contributed by atoms with Gasteiger partial charge in [-0.1, -0.05) is 123 Å². The Bertz CT molecular complexity index is 4620. The van der Waals surface area contributed by atoms with Gasteiger partial charge in [-0.2, -0.15) is 31.0 Å². The molecule has 0 bridgehead atoms. The minimum atomic E-state index is -4.18. The molecule has 608 valence electrons. The van der Waals surface area contributed by atoms with Crippen LogP contribution in [0.3, 0.4) is 0 Å². The second-order valence-electron chi connectivity index (χ2n) is 27.4. The number of benzene rings is 4. The highest BCUT2D eigenvalue weighted by Gasteiger charge is 2.45. The number of urea groups is 1. The van der Waals surface area contributed by atoms with Gasteiger partial charge in [-0.3, -0.25) is 33.1 Å². The SMILES string of the molecule is CC1(C)C(/C=C/C2=C(SC[C@H](NC(=O)[C@@H](CC(=O)[C@H](Cc3ccccc3)NC(=O)CCCCC(=O)CC[C@H](NC(=O)NCCCC(=O)O)C(=O)O)Cc3ccccc3)C(=O)O)C(=C/C=C3/N(CCCCS(=O)(=O)O)c4ccccc4C3(C)C)/CCC2)=[N+](CCCCS(=O)(=O)O)c2ccccc21.O=C=O.O=S(=O)=O.O=S(=O)=O. The average Bonchev–Trinajstić information content (AvgIpc) is 1.60. The molecule has 36 heteroatoms. The zero-order valence-corrected chi connectivity index (χ0v) is 66.4. The molecule has 2 heterocycles. The molecule has 0 unspecified atom stereocenters. The van der Waals surface area contributed by atoms with E-state index >= 15 is 0 Å². The first-order chi connectivity index (χ1) is 52.8. The van der Waals surface area contributed by atoms with Crippen LogP contribution < -0.4 is 26.2 Å². The van der Waals surface area contributed by atoms with Crippen molar-refractivity contribution in [3.8, 4) is 0 Å². The van der Waals surface area contributed by atoms with E-state index in [4.69, 9.17) is 39.9 Å². The molecule has 3 aliphatic rings. The number of fused-ring (bicyclic) bond motifs is 2. The predicted molar refractivity (Wildman–Crippen MR) is 413 cm³/mol. The molecule has 4 amide bonds. The van der Waals surface area contributed by atoms with Gasteiger partial charge in [0.15, 0.2) is 11.5 Å². The number of carbonyl (C=O) groups excluding carboxylic acids is 7. The number of carboxylic acid groups (broad SMARTS) is 3. The highest BCUT2D eigenvalue weighted by molar-refractivity contribution is 8.03. The summed E-state index contributed by atoms with van der Waals surface area (Å²) in [5.41, 5.74) is 8.16. The maximum absolute atomic E-state index is 14.9. The van der Waals surface area contributed by atoms with E-state index in [-0.39, 0.29) is 119 Å². The molecular formula is C76H95N6O25S5+. The molecule has 7 rings (SSSR count). The van der Waals surface area contributed by atoms with Gasteiger partial charge in [0.05, 0.1) is 23.0 Å². The summed E-state index contributed by atoms with van der Waals surface area (Å²) in [6.07, 6.45) is 11.5. The van der Waals surface area contributed by atoms with Gasteiger partial charge in [0, 0.05) is 103 Å². The first-order valence-electron chi connectivity index (χ1n) is 35.7. The van der Waals surface area contributed by atoms with Gasteiger partial charge < -0.3 is 41.5 Å². The second kappa shape index (κ2) is 46.8. The van der Waals surface area contributed by atoms with Crippen LogP contribution in [0.2, 0.25) is 0 Å². The number of ketones is 2. The lowest BCUT2D eigenvalue weighted by Crippen LogP contribution is -2.48. The Balaban J connectivity index is 0.00000225. The summed E-state index contributed by atoms with van der Waals surface area (Å²) in [7, 11) is -14.6. The highest BCUT2D eigenvalue weighted by Crippen LogP contribution is 2.49. The van der Waals surface area contributed by atoms with E-state index in [1.54, 1.807) is 60.7 Å². The normalized spacial score (nSPS) is 15.7. The van der Waals surface area contributed by atoms with Crippen LogP contribution in [0.4, 0.5) is 16.2 Å². The van der Waals surface area contributed by atoms with Crippen LogP contribution in [0.5, 0.6) is 0 Å². The molecule has 0 radical (unpaired) electrons. The van der Waals surface area contributed by atoms with Gasteiger partial charge in [0.2, 0.25) is 17.5 Å². The maximum atomic E-state index is 14.9. The lowest BCUT2D eigenvalue weighted by atomic mass is 9.81. The van der Waals surface area contributed by atoms with Crippen LogP contribution >= 0.6 is 11.8 Å². The number of hydrogen-bond donors (Lipinski definition) is 9. The van der Waals surface area contributed by atoms with Crippen LogP contribution in [0.1, 0.15) is 153 Å². The largest absolute Gasteiger partial charge is 0.481 e. The molecule has 0 aromatic heterocycles. The van der Waals surface area contributed by atoms with E-state index in [0.29, 0.717) is 49.9 Å². The molecule has 0 saturated carbocycles. The Morgan fingerprint density at radius 3 is 1.75 bits per heavy atom. The van der Waals surface area contributed by atoms with E-state index in [1.165, 1.54) is 11.8 Å². The number of allylic oxidation sites excluding steroid dienone is 7. The number of amides is 4. The van der Waals surface area contributed by atoms with Gasteiger partial charge in [-0.15, -0.1) is 37.0 Å². The Kier molecular flexibility index (Phi) is 39.4. The van der Waals surface area contributed by atoms with Crippen molar-refractivity contribution < 1.29 is 119 Å². The van der Waals surface area contributed by atoms with E-state index in [9.17, 15) is 74.5 Å². The third kappa shape index (κ3) is 33.2. The third-order valence-electron chi connectivity index (χ3n) is 18.5. The van der Waals surface area contributed by atoms with Crippen LogP contribution in [-0.4, -0.2) is 185 Å². The van der Waals surface area contributed by atoms with Crippen molar-refractivity contribution in [2.24, 2.45) is 5.92 Å². The molecule has 1 aliphatic carbocycles. The number of carboxylic acids is 3. The van der Waals surface area contributed by atoms with E-state index in [2.05, 4.69) is 94.9 Å². The maximum Gasteiger partial charge on any atom is 0.425 e. The number of rotatable bonds is 41. The van der Waals surface area contributed by atoms with E-state index in [0.717, 1.165) is 56.4 Å². The highest BCUT2D eigenvalue weighted by atomic mass is 32.2. The monoisotopic (exact) mass is 1650 g/mol. The quantitative estimate of drug-likeness (QED) is 0.0116. The summed E-state index contributed by atoms with van der Waals surface area (Å²) in [5, 5.41) is 39.9. The van der Waals surface area contributed by atoms with Gasteiger partial charge >= 0.3 is 51.3 Å². The summed E-state index contributed by atoms with van der Waals surface area (Å²) in [6, 6.07) is 29.2. The van der Waals surface area contributed by atoms with Crippen molar-refractivity contribution >= 4 is 124 Å². The van der Waals surface area contributed by atoms with Crippen molar-refractivity contribution in [2.45, 2.75) is 172 Å². The number of Topliss-reactive ketones (excluding diaryl/α,β-unsaturated/α-hetero) is 2. The van der Waals surface area contributed by atoms with Gasteiger partial charge in [-0.05, 0) is 131 Å². The second-order valence-corrected chi connectivity index (χ2v) is 32.4. The number of thioether (sulfide) groups is 1. The van der Waals surface area contributed by atoms with Crippen LogP contribution in [0.25, 0.3) is 0 Å².